The number of hydrogen-bond acceptors (Lipinski definition) is 5. The van der Waals surface area contributed by atoms with E-state index >= 15 is 0 Å². The summed E-state index contributed by atoms with van der Waals surface area (Å²) < 4.78 is 15.2. The average Bonchev–Trinajstić information content (AvgIpc) is 3.04. The summed E-state index contributed by atoms with van der Waals surface area (Å²) in [5, 5.41) is 13.0. The lowest BCUT2D eigenvalue weighted by atomic mass is 9.97. The van der Waals surface area contributed by atoms with Crippen LogP contribution in [0.5, 0.6) is 0 Å². The average molecular weight is 382 g/mol. The molecule has 27 heavy (non-hydrogen) atoms. The minimum Gasteiger partial charge on any atom is -0.378 e. The Morgan fingerprint density at radius 2 is 2.19 bits per heavy atom. The highest BCUT2D eigenvalue weighted by Gasteiger charge is 2.22. The molecule has 0 fully saturated rings. The summed E-state index contributed by atoms with van der Waals surface area (Å²) in [5.74, 6) is 0.206. The lowest BCUT2D eigenvalue weighted by Gasteiger charge is -2.13. The lowest BCUT2D eigenvalue weighted by Crippen LogP contribution is -2.26. The van der Waals surface area contributed by atoms with Gasteiger partial charge in [0, 0.05) is 10.6 Å². The van der Waals surface area contributed by atoms with Crippen LogP contribution < -0.4 is 10.9 Å². The molecule has 0 radical (unpaired) electrons. The molecule has 138 valence electrons. The van der Waals surface area contributed by atoms with Crippen molar-refractivity contribution in [2.24, 2.45) is 0 Å². The van der Waals surface area contributed by atoms with E-state index in [0.717, 1.165) is 36.1 Å². The first-order valence-electron chi connectivity index (χ1n) is 8.99. The van der Waals surface area contributed by atoms with E-state index in [-0.39, 0.29) is 24.5 Å². The van der Waals surface area contributed by atoms with Gasteiger partial charge in [-0.05, 0) is 55.9 Å². The summed E-state index contributed by atoms with van der Waals surface area (Å²) in [5.41, 5.74) is 2.16. The maximum atomic E-state index is 13.8. The van der Waals surface area contributed by atoms with Gasteiger partial charge < -0.3 is 5.32 Å². The van der Waals surface area contributed by atoms with Crippen LogP contribution in [0.2, 0.25) is 0 Å². The van der Waals surface area contributed by atoms with Gasteiger partial charge in [-0.15, -0.1) is 11.3 Å². The Labute approximate surface area is 160 Å². The van der Waals surface area contributed by atoms with Gasteiger partial charge in [-0.25, -0.2) is 9.37 Å². The third-order valence-corrected chi connectivity index (χ3v) is 6.19. The number of halogens is 1. The zero-order valence-corrected chi connectivity index (χ0v) is 15.8. The molecule has 2 aromatic heterocycles. The minimum atomic E-state index is -0.288. The van der Waals surface area contributed by atoms with Gasteiger partial charge >= 0.3 is 0 Å². The van der Waals surface area contributed by atoms with Crippen LogP contribution in [0.3, 0.4) is 0 Å². The second-order valence-electron chi connectivity index (χ2n) is 6.79. The van der Waals surface area contributed by atoms with Gasteiger partial charge in [0.05, 0.1) is 18.0 Å². The molecule has 3 aromatic rings. The number of anilines is 1. The number of nitrogens with zero attached hydrogens (tertiary/aromatic N) is 3. The van der Waals surface area contributed by atoms with E-state index in [4.69, 9.17) is 0 Å². The third-order valence-electron chi connectivity index (χ3n) is 5.01. The second kappa shape index (κ2) is 7.12. The Hall–Kier alpha value is -2.72. The summed E-state index contributed by atoms with van der Waals surface area (Å²) >= 11 is 1.59. The molecule has 2 heterocycles. The first kappa shape index (κ1) is 17.7. The first-order chi connectivity index (χ1) is 13.1. The van der Waals surface area contributed by atoms with Gasteiger partial charge in [0.15, 0.2) is 0 Å². The standard InChI is InChI=1S/C20H19FN4OS/c1-12-6-7-13(10-15(12)21)23-11-17-24-19-18(20(26)25(17)9-8-22)14-4-2-3-5-16(14)27-19/h6-7,10,23H,2-5,9,11H2,1H3. The van der Waals surface area contributed by atoms with Crippen molar-refractivity contribution in [2.45, 2.75) is 45.7 Å². The van der Waals surface area contributed by atoms with Crippen LogP contribution in [0.15, 0.2) is 23.0 Å². The summed E-state index contributed by atoms with van der Waals surface area (Å²) in [6.45, 7) is 1.90. The molecule has 1 N–H and O–H groups in total. The van der Waals surface area contributed by atoms with Gasteiger partial charge in [-0.3, -0.25) is 9.36 Å². The molecule has 0 atom stereocenters. The Kier molecular flexibility index (Phi) is 4.66. The minimum absolute atomic E-state index is 0.0499. The molecule has 1 aliphatic carbocycles. The van der Waals surface area contributed by atoms with Crippen molar-refractivity contribution < 1.29 is 4.39 Å². The van der Waals surface area contributed by atoms with Crippen molar-refractivity contribution in [1.29, 1.82) is 5.26 Å². The molecule has 0 amide bonds. The highest BCUT2D eigenvalue weighted by Crippen LogP contribution is 2.33. The van der Waals surface area contributed by atoms with E-state index in [0.29, 0.717) is 22.5 Å². The van der Waals surface area contributed by atoms with Crippen molar-refractivity contribution in [1.82, 2.24) is 9.55 Å². The number of nitriles is 1. The molecule has 0 aliphatic heterocycles. The van der Waals surface area contributed by atoms with Crippen molar-refractivity contribution in [3.8, 4) is 6.07 Å². The predicted molar refractivity (Wildman–Crippen MR) is 105 cm³/mol. The number of fused-ring (bicyclic) bond motifs is 3. The lowest BCUT2D eigenvalue weighted by molar-refractivity contribution is 0.618. The van der Waals surface area contributed by atoms with E-state index in [1.165, 1.54) is 15.5 Å². The van der Waals surface area contributed by atoms with Crippen LogP contribution in [0.1, 0.15) is 34.7 Å². The molecular weight excluding hydrogens is 363 g/mol. The van der Waals surface area contributed by atoms with E-state index in [2.05, 4.69) is 16.4 Å². The van der Waals surface area contributed by atoms with Crippen molar-refractivity contribution in [2.75, 3.05) is 5.32 Å². The predicted octanol–water partition coefficient (Wildman–Crippen LogP) is 3.92. The fourth-order valence-corrected chi connectivity index (χ4v) is 4.80. The smallest absolute Gasteiger partial charge is 0.263 e. The van der Waals surface area contributed by atoms with Gasteiger partial charge in [0.1, 0.15) is 23.0 Å². The zero-order valence-electron chi connectivity index (χ0n) is 15.0. The highest BCUT2D eigenvalue weighted by molar-refractivity contribution is 7.18. The number of aryl methyl sites for hydroxylation is 3. The number of aromatic nitrogens is 2. The number of nitrogens with one attached hydrogen (secondary N) is 1. The molecule has 1 aliphatic rings. The van der Waals surface area contributed by atoms with Crippen molar-refractivity contribution >= 4 is 27.2 Å². The highest BCUT2D eigenvalue weighted by atomic mass is 32.1. The number of hydrogen-bond donors (Lipinski definition) is 1. The van der Waals surface area contributed by atoms with E-state index in [1.54, 1.807) is 30.4 Å². The van der Waals surface area contributed by atoms with E-state index < -0.39 is 0 Å². The van der Waals surface area contributed by atoms with E-state index in [9.17, 15) is 14.4 Å². The number of thiophene rings is 1. The third kappa shape index (κ3) is 3.21. The Balaban J connectivity index is 1.75. The monoisotopic (exact) mass is 382 g/mol. The summed E-state index contributed by atoms with van der Waals surface area (Å²) in [6.07, 6.45) is 4.11. The summed E-state index contributed by atoms with van der Waals surface area (Å²) in [4.78, 5) is 19.8. The first-order valence-corrected chi connectivity index (χ1v) is 9.81. The van der Waals surface area contributed by atoms with Crippen LogP contribution in [0.25, 0.3) is 10.2 Å². The molecule has 1 aromatic carbocycles. The molecular formula is C20H19FN4OS. The maximum Gasteiger partial charge on any atom is 0.263 e. The van der Waals surface area contributed by atoms with Gasteiger partial charge in [-0.1, -0.05) is 6.07 Å². The Morgan fingerprint density at radius 1 is 1.37 bits per heavy atom. The molecule has 0 spiro atoms. The topological polar surface area (TPSA) is 70.7 Å². The van der Waals surface area contributed by atoms with Crippen molar-refractivity contribution in [3.63, 3.8) is 0 Å². The fraction of sp³-hybridized carbons (Fsp3) is 0.350. The van der Waals surface area contributed by atoms with Gasteiger partial charge in [0.2, 0.25) is 0 Å². The second-order valence-corrected chi connectivity index (χ2v) is 7.87. The Morgan fingerprint density at radius 3 is 2.96 bits per heavy atom. The number of benzene rings is 1. The van der Waals surface area contributed by atoms with Crippen molar-refractivity contribution in [3.05, 3.63) is 56.2 Å². The van der Waals surface area contributed by atoms with Crippen LogP contribution in [0, 0.1) is 24.1 Å². The largest absolute Gasteiger partial charge is 0.378 e. The summed E-state index contributed by atoms with van der Waals surface area (Å²) in [7, 11) is 0. The quantitative estimate of drug-likeness (QED) is 0.742. The van der Waals surface area contributed by atoms with Crippen LogP contribution in [-0.4, -0.2) is 9.55 Å². The summed E-state index contributed by atoms with van der Waals surface area (Å²) in [6, 6.07) is 6.96. The van der Waals surface area contributed by atoms with E-state index in [1.807, 2.05) is 0 Å². The van der Waals surface area contributed by atoms with Gasteiger partial charge in [-0.2, -0.15) is 5.26 Å². The van der Waals surface area contributed by atoms with Gasteiger partial charge in [0.25, 0.3) is 5.56 Å². The Bertz CT molecular complexity index is 1130. The number of rotatable bonds is 4. The molecule has 0 bridgehead atoms. The molecule has 7 heteroatoms. The molecule has 5 nitrogen and oxygen atoms in total. The normalized spacial score (nSPS) is 13.4. The maximum absolute atomic E-state index is 13.8. The zero-order chi connectivity index (χ0) is 19.0. The van der Waals surface area contributed by atoms with Crippen LogP contribution in [0.4, 0.5) is 10.1 Å². The molecule has 0 saturated carbocycles. The van der Waals surface area contributed by atoms with Crippen LogP contribution >= 0.6 is 11.3 Å². The SMILES string of the molecule is Cc1ccc(NCc2nc3sc4c(c3c(=O)n2CC#N)CCCC4)cc1F. The molecule has 0 unspecified atom stereocenters. The molecule has 4 rings (SSSR count). The van der Waals surface area contributed by atoms with Crippen LogP contribution in [-0.2, 0) is 25.9 Å². The molecule has 0 saturated heterocycles. The fourth-order valence-electron chi connectivity index (χ4n) is 3.53.